The van der Waals surface area contributed by atoms with Gasteiger partial charge in [-0.25, -0.2) is 4.68 Å². The third-order valence-electron chi connectivity index (χ3n) is 2.94. The second-order valence-electron chi connectivity index (χ2n) is 4.49. The van der Waals surface area contributed by atoms with Crippen molar-refractivity contribution in [2.24, 2.45) is 5.73 Å². The lowest BCUT2D eigenvalue weighted by molar-refractivity contribution is -0.166. The number of carbonyl (C=O) groups is 1. The summed E-state index contributed by atoms with van der Waals surface area (Å²) in [7, 11) is 0. The summed E-state index contributed by atoms with van der Waals surface area (Å²) < 4.78 is 39.6. The van der Waals surface area contributed by atoms with Crippen molar-refractivity contribution in [1.29, 1.82) is 0 Å². The van der Waals surface area contributed by atoms with Crippen molar-refractivity contribution in [3.05, 3.63) is 48.3 Å². The Morgan fingerprint density at radius 3 is 2.35 bits per heavy atom. The fourth-order valence-electron chi connectivity index (χ4n) is 1.65. The van der Waals surface area contributed by atoms with Crippen LogP contribution in [0.15, 0.2) is 42.6 Å². The summed E-state index contributed by atoms with van der Waals surface area (Å²) in [5.74, 6) is -1.23. The van der Waals surface area contributed by atoms with Gasteiger partial charge in [-0.2, -0.15) is 18.3 Å². The van der Waals surface area contributed by atoms with Crippen LogP contribution in [-0.2, 0) is 0 Å². The quantitative estimate of drug-likeness (QED) is 0.879. The first-order valence-corrected chi connectivity index (χ1v) is 5.75. The van der Waals surface area contributed by atoms with Gasteiger partial charge >= 0.3 is 6.18 Å². The molecule has 0 radical (unpaired) electrons. The molecule has 1 heterocycles. The zero-order chi connectivity index (χ0) is 15.0. The predicted octanol–water partition coefficient (Wildman–Crippen LogP) is 2.33. The lowest BCUT2D eigenvalue weighted by Gasteiger charge is -2.26. The monoisotopic (exact) mass is 283 g/mol. The molecule has 4 nitrogen and oxygen atoms in total. The first-order chi connectivity index (χ1) is 9.25. The van der Waals surface area contributed by atoms with E-state index in [2.05, 4.69) is 5.10 Å². The average molecular weight is 283 g/mol. The zero-order valence-corrected chi connectivity index (χ0v) is 10.6. The van der Waals surface area contributed by atoms with Crippen molar-refractivity contribution < 1.29 is 18.0 Å². The van der Waals surface area contributed by atoms with Gasteiger partial charge in [0.25, 0.3) is 0 Å². The highest BCUT2D eigenvalue weighted by atomic mass is 19.4. The normalized spacial score (nSPS) is 14.8. The Balaban J connectivity index is 2.46. The van der Waals surface area contributed by atoms with Crippen LogP contribution in [0, 0.1) is 0 Å². The van der Waals surface area contributed by atoms with Crippen molar-refractivity contribution in [3.63, 3.8) is 0 Å². The number of rotatable bonds is 3. The highest BCUT2D eigenvalue weighted by Crippen LogP contribution is 2.31. The molecule has 0 bridgehead atoms. The van der Waals surface area contributed by atoms with Crippen LogP contribution < -0.4 is 5.73 Å². The van der Waals surface area contributed by atoms with Gasteiger partial charge in [0.05, 0.1) is 11.9 Å². The fraction of sp³-hybridized carbons (Fsp3) is 0.231. The molecule has 0 fully saturated rings. The fourth-order valence-corrected chi connectivity index (χ4v) is 1.65. The second-order valence-corrected chi connectivity index (χ2v) is 4.49. The van der Waals surface area contributed by atoms with Crippen LogP contribution in [0.5, 0.6) is 0 Å². The number of para-hydroxylation sites is 1. The first-order valence-electron chi connectivity index (χ1n) is 5.75. The van der Waals surface area contributed by atoms with E-state index in [1.807, 2.05) is 0 Å². The second kappa shape index (κ2) is 4.75. The van der Waals surface area contributed by atoms with E-state index in [0.717, 1.165) is 4.68 Å². The van der Waals surface area contributed by atoms with Crippen molar-refractivity contribution in [3.8, 4) is 5.69 Å². The third kappa shape index (κ3) is 2.32. The molecule has 0 aliphatic heterocycles. The largest absolute Gasteiger partial charge is 0.413 e. The summed E-state index contributed by atoms with van der Waals surface area (Å²) in [6.45, 7) is 0.650. The number of halogens is 3. The van der Waals surface area contributed by atoms with E-state index in [4.69, 9.17) is 5.73 Å². The van der Waals surface area contributed by atoms with Crippen LogP contribution in [-0.4, -0.2) is 27.3 Å². The number of aromatic nitrogens is 2. The summed E-state index contributed by atoms with van der Waals surface area (Å²) in [5.41, 5.74) is 2.48. The molecular weight excluding hydrogens is 271 g/mol. The first kappa shape index (κ1) is 14.3. The average Bonchev–Trinajstić information content (AvgIpc) is 2.86. The minimum absolute atomic E-state index is 0.210. The standard InChI is InChI=1S/C13H12F3N3O/c1-12(17,13(14,15)16)11(20)10-7-8-18-19(10)9-5-3-2-4-6-9/h2-8H,17H2,1H3. The number of nitrogens with two attached hydrogens (primary N) is 1. The van der Waals surface area contributed by atoms with Crippen LogP contribution in [0.1, 0.15) is 17.4 Å². The Kier molecular flexibility index (Phi) is 3.39. The molecule has 106 valence electrons. The maximum atomic E-state index is 12.8. The molecule has 1 atom stereocenters. The lowest BCUT2D eigenvalue weighted by Crippen LogP contribution is -2.57. The molecule has 1 aromatic carbocycles. The highest BCUT2D eigenvalue weighted by molar-refractivity contribution is 6.02. The molecule has 1 aromatic heterocycles. The van der Waals surface area contributed by atoms with E-state index in [9.17, 15) is 18.0 Å². The molecule has 1 unspecified atom stereocenters. The minimum Gasteiger partial charge on any atom is -0.311 e. The van der Waals surface area contributed by atoms with E-state index >= 15 is 0 Å². The molecular formula is C13H12F3N3O. The van der Waals surface area contributed by atoms with Crippen molar-refractivity contribution in [2.45, 2.75) is 18.6 Å². The number of carbonyl (C=O) groups excluding carboxylic acids is 1. The molecule has 2 N–H and O–H groups in total. The Morgan fingerprint density at radius 2 is 1.80 bits per heavy atom. The number of Topliss-reactive ketones (excluding diaryl/α,β-unsaturated/α-hetero) is 1. The summed E-state index contributed by atoms with van der Waals surface area (Å²) >= 11 is 0. The van der Waals surface area contributed by atoms with Gasteiger partial charge in [0, 0.05) is 0 Å². The molecule has 20 heavy (non-hydrogen) atoms. The predicted molar refractivity (Wildman–Crippen MR) is 66.5 cm³/mol. The van der Waals surface area contributed by atoms with Crippen molar-refractivity contribution in [2.75, 3.05) is 0 Å². The number of benzene rings is 1. The number of nitrogens with zero attached hydrogens (tertiary/aromatic N) is 2. The van der Waals surface area contributed by atoms with Crippen LogP contribution in [0.25, 0.3) is 5.69 Å². The van der Waals surface area contributed by atoms with Crippen LogP contribution in [0.2, 0.25) is 0 Å². The molecule has 0 saturated heterocycles. The van der Waals surface area contributed by atoms with Gasteiger partial charge in [-0.1, -0.05) is 18.2 Å². The smallest absolute Gasteiger partial charge is 0.311 e. The van der Waals surface area contributed by atoms with E-state index < -0.39 is 17.5 Å². The van der Waals surface area contributed by atoms with E-state index in [1.165, 1.54) is 12.3 Å². The molecule has 0 amide bonds. The Bertz CT molecular complexity index is 617. The van der Waals surface area contributed by atoms with Gasteiger partial charge in [-0.3, -0.25) is 4.79 Å². The Labute approximate surface area is 113 Å². The molecule has 2 aromatic rings. The van der Waals surface area contributed by atoms with Gasteiger partial charge < -0.3 is 5.73 Å². The SMILES string of the molecule is CC(N)(C(=O)c1ccnn1-c1ccccc1)C(F)(F)F. The highest BCUT2D eigenvalue weighted by Gasteiger charge is 2.54. The zero-order valence-electron chi connectivity index (χ0n) is 10.6. The van der Waals surface area contributed by atoms with E-state index in [1.54, 1.807) is 30.3 Å². The molecule has 0 aliphatic carbocycles. The Hall–Kier alpha value is -2.15. The van der Waals surface area contributed by atoms with Gasteiger partial charge in [-0.15, -0.1) is 0 Å². The minimum atomic E-state index is -4.84. The Morgan fingerprint density at radius 1 is 1.20 bits per heavy atom. The van der Waals surface area contributed by atoms with Gasteiger partial charge in [0.15, 0.2) is 5.54 Å². The van der Waals surface area contributed by atoms with Gasteiger partial charge in [0.2, 0.25) is 5.78 Å². The third-order valence-corrected chi connectivity index (χ3v) is 2.94. The van der Waals surface area contributed by atoms with Crippen molar-refractivity contribution in [1.82, 2.24) is 9.78 Å². The summed E-state index contributed by atoms with van der Waals surface area (Å²) in [6, 6.07) is 9.60. The summed E-state index contributed by atoms with van der Waals surface area (Å²) in [4.78, 5) is 12.1. The molecule has 7 heteroatoms. The number of hydrogen-bond donors (Lipinski definition) is 1. The van der Waals surface area contributed by atoms with E-state index in [0.29, 0.717) is 12.6 Å². The van der Waals surface area contributed by atoms with Crippen molar-refractivity contribution >= 4 is 5.78 Å². The van der Waals surface area contributed by atoms with Crippen LogP contribution in [0.4, 0.5) is 13.2 Å². The van der Waals surface area contributed by atoms with Crippen LogP contribution >= 0.6 is 0 Å². The van der Waals surface area contributed by atoms with Crippen LogP contribution in [0.3, 0.4) is 0 Å². The molecule has 0 spiro atoms. The lowest BCUT2D eigenvalue weighted by atomic mass is 9.94. The number of ketones is 1. The number of alkyl halides is 3. The molecule has 0 saturated carbocycles. The summed E-state index contributed by atoms with van der Waals surface area (Å²) in [5, 5.41) is 3.88. The van der Waals surface area contributed by atoms with E-state index in [-0.39, 0.29) is 5.69 Å². The summed E-state index contributed by atoms with van der Waals surface area (Å²) in [6.07, 6.45) is -3.58. The maximum Gasteiger partial charge on any atom is 0.413 e. The molecule has 0 aliphatic rings. The topological polar surface area (TPSA) is 60.9 Å². The maximum absolute atomic E-state index is 12.8. The van der Waals surface area contributed by atoms with Gasteiger partial charge in [-0.05, 0) is 25.1 Å². The number of hydrogen-bond acceptors (Lipinski definition) is 3. The molecule has 2 rings (SSSR count). The van der Waals surface area contributed by atoms with Gasteiger partial charge in [0.1, 0.15) is 5.69 Å².